The van der Waals surface area contributed by atoms with Crippen LogP contribution >= 0.6 is 0 Å². The van der Waals surface area contributed by atoms with Crippen molar-refractivity contribution in [1.82, 2.24) is 5.32 Å². The van der Waals surface area contributed by atoms with E-state index >= 15 is 0 Å². The molecule has 5 heteroatoms. The number of allylic oxidation sites excluding steroid dienone is 1. The second-order valence-corrected chi connectivity index (χ2v) is 6.98. The molecule has 1 aliphatic heterocycles. The van der Waals surface area contributed by atoms with Gasteiger partial charge in [0, 0.05) is 16.7 Å². The molecular formula is C21H20N4O. The van der Waals surface area contributed by atoms with Gasteiger partial charge in [-0.1, -0.05) is 24.3 Å². The van der Waals surface area contributed by atoms with Crippen LogP contribution in [0.3, 0.4) is 0 Å². The Bertz CT molecular complexity index is 947. The van der Waals surface area contributed by atoms with Gasteiger partial charge in [-0.05, 0) is 57.0 Å². The first-order valence-corrected chi connectivity index (χ1v) is 8.43. The van der Waals surface area contributed by atoms with Crippen LogP contribution in [0.15, 0.2) is 64.5 Å². The molecule has 0 saturated carbocycles. The molecule has 1 aliphatic rings. The molecule has 0 unspecified atom stereocenters. The molecular weight excluding hydrogens is 324 g/mol. The Morgan fingerprint density at radius 1 is 1.15 bits per heavy atom. The number of ketones is 1. The first kappa shape index (κ1) is 17.6. The monoisotopic (exact) mass is 344 g/mol. The van der Waals surface area contributed by atoms with Gasteiger partial charge in [-0.15, -0.1) is 10.2 Å². The Kier molecular flexibility index (Phi) is 4.68. The number of azo groups is 1. The van der Waals surface area contributed by atoms with Gasteiger partial charge in [0.2, 0.25) is 0 Å². The van der Waals surface area contributed by atoms with Crippen molar-refractivity contribution in [2.75, 3.05) is 0 Å². The van der Waals surface area contributed by atoms with Gasteiger partial charge in [0.1, 0.15) is 6.07 Å². The quantitative estimate of drug-likeness (QED) is 0.494. The lowest BCUT2D eigenvalue weighted by atomic mass is 9.85. The number of carbonyl (C=O) groups is 1. The highest BCUT2D eigenvalue weighted by Gasteiger charge is 2.29. The summed E-state index contributed by atoms with van der Waals surface area (Å²) in [6.45, 7) is 5.70. The molecule has 0 aliphatic carbocycles. The van der Waals surface area contributed by atoms with Gasteiger partial charge < -0.3 is 5.32 Å². The van der Waals surface area contributed by atoms with Crippen LogP contribution < -0.4 is 5.32 Å². The molecule has 26 heavy (non-hydrogen) atoms. The zero-order chi connectivity index (χ0) is 18.7. The van der Waals surface area contributed by atoms with Crippen LogP contribution in [0.25, 0.3) is 5.70 Å². The van der Waals surface area contributed by atoms with Crippen molar-refractivity contribution in [3.8, 4) is 6.07 Å². The van der Waals surface area contributed by atoms with E-state index in [0.717, 1.165) is 12.0 Å². The Balaban J connectivity index is 1.99. The van der Waals surface area contributed by atoms with Crippen molar-refractivity contribution in [3.63, 3.8) is 0 Å². The fourth-order valence-corrected chi connectivity index (χ4v) is 3.03. The molecule has 1 N–H and O–H groups in total. The third-order valence-corrected chi connectivity index (χ3v) is 4.26. The smallest absolute Gasteiger partial charge is 0.186 e. The lowest BCUT2D eigenvalue weighted by Crippen LogP contribution is -2.44. The first-order valence-electron chi connectivity index (χ1n) is 8.43. The minimum atomic E-state index is -0.176. The summed E-state index contributed by atoms with van der Waals surface area (Å²) in [4.78, 5) is 11.3. The average molecular weight is 344 g/mol. The topological polar surface area (TPSA) is 77.6 Å². The van der Waals surface area contributed by atoms with Gasteiger partial charge in [0.25, 0.3) is 0 Å². The minimum Gasteiger partial charge on any atom is -0.377 e. The van der Waals surface area contributed by atoms with Crippen molar-refractivity contribution >= 4 is 17.2 Å². The number of nitrogens with one attached hydrogen (secondary N) is 1. The number of benzene rings is 2. The van der Waals surface area contributed by atoms with Gasteiger partial charge in [-0.2, -0.15) is 5.26 Å². The van der Waals surface area contributed by atoms with E-state index in [-0.39, 0.29) is 17.0 Å². The summed E-state index contributed by atoms with van der Waals surface area (Å²) in [5.41, 5.74) is 4.13. The molecule has 0 aromatic heterocycles. The number of nitriles is 1. The van der Waals surface area contributed by atoms with Crippen molar-refractivity contribution in [2.24, 2.45) is 10.2 Å². The first-order chi connectivity index (χ1) is 12.4. The number of nitrogens with zero attached hydrogens (tertiary/aromatic N) is 3. The molecule has 0 spiro atoms. The summed E-state index contributed by atoms with van der Waals surface area (Å²) >= 11 is 0. The largest absolute Gasteiger partial charge is 0.377 e. The summed E-state index contributed by atoms with van der Waals surface area (Å²) in [5, 5.41) is 21.4. The van der Waals surface area contributed by atoms with Crippen LogP contribution in [0, 0.1) is 11.3 Å². The van der Waals surface area contributed by atoms with Gasteiger partial charge in [0.05, 0.1) is 11.4 Å². The van der Waals surface area contributed by atoms with Gasteiger partial charge in [0.15, 0.2) is 11.5 Å². The minimum absolute atomic E-state index is 0.00133. The van der Waals surface area contributed by atoms with Crippen molar-refractivity contribution in [2.45, 2.75) is 32.7 Å². The molecule has 0 saturated heterocycles. The van der Waals surface area contributed by atoms with E-state index in [1.807, 2.05) is 18.2 Å². The predicted molar refractivity (Wildman–Crippen MR) is 101 cm³/mol. The second kappa shape index (κ2) is 6.93. The molecule has 5 nitrogen and oxygen atoms in total. The molecule has 0 radical (unpaired) electrons. The fraction of sp³-hybridized carbons (Fsp3) is 0.238. The van der Waals surface area contributed by atoms with E-state index in [1.165, 1.54) is 12.5 Å². The van der Waals surface area contributed by atoms with E-state index in [4.69, 9.17) is 0 Å². The third-order valence-electron chi connectivity index (χ3n) is 4.26. The highest BCUT2D eigenvalue weighted by atomic mass is 16.1. The fourth-order valence-electron chi connectivity index (χ4n) is 3.03. The van der Waals surface area contributed by atoms with Crippen LogP contribution in [0.5, 0.6) is 0 Å². The number of carbonyl (C=O) groups excluding carboxylic acids is 1. The maximum atomic E-state index is 11.3. The highest BCUT2D eigenvalue weighted by Crippen LogP contribution is 2.32. The normalized spacial score (nSPS) is 17.2. The molecule has 0 bridgehead atoms. The van der Waals surface area contributed by atoms with Crippen LogP contribution in [0.1, 0.15) is 42.3 Å². The summed E-state index contributed by atoms with van der Waals surface area (Å²) < 4.78 is 0. The molecule has 0 amide bonds. The zero-order valence-corrected chi connectivity index (χ0v) is 15.1. The van der Waals surface area contributed by atoms with Crippen LogP contribution in [-0.4, -0.2) is 11.3 Å². The Labute approximate surface area is 153 Å². The number of fused-ring (bicyclic) bond motifs is 1. The number of Topliss-reactive ketones (excluding diaryl/α,β-unsaturated/α-hetero) is 1. The number of rotatable bonds is 3. The maximum Gasteiger partial charge on any atom is 0.186 e. The van der Waals surface area contributed by atoms with Crippen LogP contribution in [0.4, 0.5) is 5.69 Å². The summed E-state index contributed by atoms with van der Waals surface area (Å²) in [6, 6.07) is 17.0. The summed E-state index contributed by atoms with van der Waals surface area (Å²) in [7, 11) is 0. The molecule has 2 aromatic carbocycles. The second-order valence-electron chi connectivity index (χ2n) is 6.98. The molecule has 0 fully saturated rings. The molecule has 3 rings (SSSR count). The van der Waals surface area contributed by atoms with E-state index in [2.05, 4.69) is 41.5 Å². The molecule has 1 heterocycles. The molecule has 2 aromatic rings. The third kappa shape index (κ3) is 3.70. The number of hydrogen-bond acceptors (Lipinski definition) is 5. The highest BCUT2D eigenvalue weighted by molar-refractivity contribution is 5.94. The Morgan fingerprint density at radius 2 is 1.85 bits per heavy atom. The SMILES string of the molecule is CC(=O)c1ccc(N=NC(C#N)=C2NC(C)(C)Cc3ccccc32)cc1. The Morgan fingerprint density at radius 3 is 2.50 bits per heavy atom. The number of hydrogen-bond donors (Lipinski definition) is 1. The van der Waals surface area contributed by atoms with E-state index in [1.54, 1.807) is 24.3 Å². The lowest BCUT2D eigenvalue weighted by Gasteiger charge is -2.35. The van der Waals surface area contributed by atoms with Gasteiger partial charge >= 0.3 is 0 Å². The zero-order valence-electron chi connectivity index (χ0n) is 15.1. The van der Waals surface area contributed by atoms with E-state index < -0.39 is 0 Å². The predicted octanol–water partition coefficient (Wildman–Crippen LogP) is 4.79. The lowest BCUT2D eigenvalue weighted by molar-refractivity contribution is 0.101. The van der Waals surface area contributed by atoms with Crippen molar-refractivity contribution < 1.29 is 4.79 Å². The summed E-state index contributed by atoms with van der Waals surface area (Å²) in [6.07, 6.45) is 0.870. The van der Waals surface area contributed by atoms with Crippen molar-refractivity contribution in [1.29, 1.82) is 5.26 Å². The van der Waals surface area contributed by atoms with Crippen LogP contribution in [-0.2, 0) is 6.42 Å². The van der Waals surface area contributed by atoms with Crippen LogP contribution in [0.2, 0.25) is 0 Å². The van der Waals surface area contributed by atoms with E-state index in [0.29, 0.717) is 16.9 Å². The standard InChI is InChI=1S/C21H20N4O/c1-14(26)15-8-10-17(11-9-15)24-25-19(13-22)20-18-7-5-4-6-16(18)12-21(2,3)23-20/h4-11,23H,12H2,1-3H3. The average Bonchev–Trinajstić information content (AvgIpc) is 2.61. The van der Waals surface area contributed by atoms with Gasteiger partial charge in [-0.3, -0.25) is 4.79 Å². The molecule has 130 valence electrons. The summed E-state index contributed by atoms with van der Waals surface area (Å²) in [5.74, 6) is -0.00133. The molecule has 0 atom stereocenters. The Hall–Kier alpha value is -3.26. The van der Waals surface area contributed by atoms with Crippen molar-refractivity contribution in [3.05, 3.63) is 70.9 Å². The maximum absolute atomic E-state index is 11.3. The van der Waals surface area contributed by atoms with Gasteiger partial charge in [-0.25, -0.2) is 0 Å². The van der Waals surface area contributed by atoms with E-state index in [9.17, 15) is 10.1 Å².